The third-order valence-corrected chi connectivity index (χ3v) is 2.65. The SMILES string of the molecule is CNCC(=O)N1CCN(CCOC=O)CC1. The monoisotopic (exact) mass is 229 g/mol. The molecule has 0 radical (unpaired) electrons. The number of hydrogen-bond donors (Lipinski definition) is 1. The van der Waals surface area contributed by atoms with Gasteiger partial charge in [0.1, 0.15) is 6.61 Å². The Hall–Kier alpha value is -1.14. The highest BCUT2D eigenvalue weighted by Crippen LogP contribution is 2.01. The van der Waals surface area contributed by atoms with Crippen LogP contribution in [0.25, 0.3) is 0 Å². The fourth-order valence-corrected chi connectivity index (χ4v) is 1.71. The first-order valence-corrected chi connectivity index (χ1v) is 5.48. The van der Waals surface area contributed by atoms with Crippen LogP contribution < -0.4 is 5.32 Å². The van der Waals surface area contributed by atoms with Crippen LogP contribution in [-0.2, 0) is 14.3 Å². The number of hydrogen-bond acceptors (Lipinski definition) is 5. The summed E-state index contributed by atoms with van der Waals surface area (Å²) in [6.45, 7) is 5.22. The first-order valence-electron chi connectivity index (χ1n) is 5.48. The molecule has 0 saturated carbocycles. The Morgan fingerprint density at radius 2 is 2.06 bits per heavy atom. The zero-order valence-electron chi connectivity index (χ0n) is 9.65. The minimum absolute atomic E-state index is 0.145. The van der Waals surface area contributed by atoms with Gasteiger partial charge in [0.05, 0.1) is 6.54 Å². The minimum atomic E-state index is 0.145. The van der Waals surface area contributed by atoms with Gasteiger partial charge in [-0.05, 0) is 7.05 Å². The fourth-order valence-electron chi connectivity index (χ4n) is 1.71. The molecule has 1 heterocycles. The molecule has 0 aliphatic carbocycles. The molecule has 16 heavy (non-hydrogen) atoms. The maximum Gasteiger partial charge on any atom is 0.293 e. The average Bonchev–Trinajstić information content (AvgIpc) is 2.30. The summed E-state index contributed by atoms with van der Waals surface area (Å²) < 4.78 is 4.64. The van der Waals surface area contributed by atoms with Crippen molar-refractivity contribution >= 4 is 12.4 Å². The fraction of sp³-hybridized carbons (Fsp3) is 0.800. The van der Waals surface area contributed by atoms with Gasteiger partial charge in [0.25, 0.3) is 6.47 Å². The lowest BCUT2D eigenvalue weighted by Gasteiger charge is -2.34. The molecule has 0 aromatic carbocycles. The Morgan fingerprint density at radius 1 is 1.38 bits per heavy atom. The van der Waals surface area contributed by atoms with Crippen molar-refractivity contribution in [2.24, 2.45) is 0 Å². The van der Waals surface area contributed by atoms with Gasteiger partial charge in [-0.3, -0.25) is 14.5 Å². The molecular formula is C10H19N3O3. The van der Waals surface area contributed by atoms with Crippen LogP contribution in [0.3, 0.4) is 0 Å². The van der Waals surface area contributed by atoms with Crippen molar-refractivity contribution in [3.05, 3.63) is 0 Å². The number of nitrogens with zero attached hydrogens (tertiary/aromatic N) is 2. The van der Waals surface area contributed by atoms with Gasteiger partial charge in [-0.25, -0.2) is 0 Å². The van der Waals surface area contributed by atoms with Gasteiger partial charge in [-0.15, -0.1) is 0 Å². The van der Waals surface area contributed by atoms with E-state index in [-0.39, 0.29) is 5.91 Å². The van der Waals surface area contributed by atoms with Crippen LogP contribution in [-0.4, -0.2) is 75.1 Å². The molecule has 1 amide bonds. The van der Waals surface area contributed by atoms with Crippen LogP contribution in [0.2, 0.25) is 0 Å². The maximum absolute atomic E-state index is 11.5. The summed E-state index contributed by atoms with van der Waals surface area (Å²) in [5.74, 6) is 0.145. The molecule has 0 aromatic heterocycles. The molecule has 6 nitrogen and oxygen atoms in total. The van der Waals surface area contributed by atoms with Gasteiger partial charge in [-0.2, -0.15) is 0 Å². The number of rotatable bonds is 6. The lowest BCUT2D eigenvalue weighted by atomic mass is 10.3. The largest absolute Gasteiger partial charge is 0.467 e. The zero-order valence-corrected chi connectivity index (χ0v) is 9.65. The van der Waals surface area contributed by atoms with Gasteiger partial charge in [0, 0.05) is 32.7 Å². The molecule has 0 unspecified atom stereocenters. The van der Waals surface area contributed by atoms with Crippen molar-refractivity contribution in [1.82, 2.24) is 15.1 Å². The summed E-state index contributed by atoms with van der Waals surface area (Å²) in [6, 6.07) is 0. The maximum atomic E-state index is 11.5. The molecule has 1 rings (SSSR count). The number of nitrogens with one attached hydrogen (secondary N) is 1. The highest BCUT2D eigenvalue weighted by molar-refractivity contribution is 5.78. The van der Waals surface area contributed by atoms with E-state index in [0.717, 1.165) is 32.7 Å². The predicted octanol–water partition coefficient (Wildman–Crippen LogP) is -1.48. The van der Waals surface area contributed by atoms with Crippen molar-refractivity contribution in [2.75, 3.05) is 52.9 Å². The molecule has 1 aliphatic rings. The number of carbonyl (C=O) groups is 2. The molecule has 0 spiro atoms. The first-order chi connectivity index (χ1) is 7.77. The van der Waals surface area contributed by atoms with E-state index in [0.29, 0.717) is 19.6 Å². The zero-order chi connectivity index (χ0) is 11.8. The van der Waals surface area contributed by atoms with Crippen molar-refractivity contribution < 1.29 is 14.3 Å². The first kappa shape index (κ1) is 12.9. The number of likely N-dealkylation sites (N-methyl/N-ethyl adjacent to an activating group) is 1. The van der Waals surface area contributed by atoms with Crippen molar-refractivity contribution in [2.45, 2.75) is 0 Å². The Labute approximate surface area is 95.5 Å². The molecule has 92 valence electrons. The molecule has 1 fully saturated rings. The third-order valence-electron chi connectivity index (χ3n) is 2.65. The second-order valence-corrected chi connectivity index (χ2v) is 3.72. The smallest absolute Gasteiger partial charge is 0.293 e. The van der Waals surface area contributed by atoms with Gasteiger partial charge in [0.2, 0.25) is 5.91 Å². The second-order valence-electron chi connectivity index (χ2n) is 3.72. The van der Waals surface area contributed by atoms with E-state index in [4.69, 9.17) is 0 Å². The summed E-state index contributed by atoms with van der Waals surface area (Å²) in [5.41, 5.74) is 0. The summed E-state index contributed by atoms with van der Waals surface area (Å²) >= 11 is 0. The standard InChI is InChI=1S/C10H19N3O3/c1-11-8-10(15)13-4-2-12(3-5-13)6-7-16-9-14/h9,11H,2-8H2,1H3. The third kappa shape index (κ3) is 4.16. The van der Waals surface area contributed by atoms with Gasteiger partial charge < -0.3 is 15.0 Å². The Bertz CT molecular complexity index is 227. The van der Waals surface area contributed by atoms with Crippen LogP contribution in [0.5, 0.6) is 0 Å². The Morgan fingerprint density at radius 3 is 2.62 bits per heavy atom. The van der Waals surface area contributed by atoms with E-state index in [1.54, 1.807) is 7.05 Å². The van der Waals surface area contributed by atoms with Crippen molar-refractivity contribution in [1.29, 1.82) is 0 Å². The van der Waals surface area contributed by atoms with Crippen LogP contribution >= 0.6 is 0 Å². The van der Waals surface area contributed by atoms with Crippen LogP contribution in [0.4, 0.5) is 0 Å². The molecule has 1 aliphatic heterocycles. The molecule has 0 atom stereocenters. The predicted molar refractivity (Wildman–Crippen MR) is 59.0 cm³/mol. The van der Waals surface area contributed by atoms with Crippen LogP contribution in [0.15, 0.2) is 0 Å². The average molecular weight is 229 g/mol. The van der Waals surface area contributed by atoms with Gasteiger partial charge >= 0.3 is 0 Å². The van der Waals surface area contributed by atoms with Gasteiger partial charge in [-0.1, -0.05) is 0 Å². The number of amides is 1. The number of carbonyl (C=O) groups excluding carboxylic acids is 2. The summed E-state index contributed by atoms with van der Waals surface area (Å²) in [5, 5.41) is 2.85. The second kappa shape index (κ2) is 7.19. The quantitative estimate of drug-likeness (QED) is 0.445. The topological polar surface area (TPSA) is 61.9 Å². The van der Waals surface area contributed by atoms with E-state index in [9.17, 15) is 9.59 Å². The lowest BCUT2D eigenvalue weighted by Crippen LogP contribution is -2.51. The van der Waals surface area contributed by atoms with E-state index >= 15 is 0 Å². The van der Waals surface area contributed by atoms with E-state index in [1.807, 2.05) is 4.90 Å². The van der Waals surface area contributed by atoms with E-state index in [1.165, 1.54) is 0 Å². The lowest BCUT2D eigenvalue weighted by molar-refractivity contribution is -0.132. The summed E-state index contributed by atoms with van der Waals surface area (Å²) in [7, 11) is 1.77. The van der Waals surface area contributed by atoms with Crippen LogP contribution in [0.1, 0.15) is 0 Å². The molecule has 0 bridgehead atoms. The molecular weight excluding hydrogens is 210 g/mol. The Kier molecular flexibility index (Phi) is 5.81. The minimum Gasteiger partial charge on any atom is -0.467 e. The van der Waals surface area contributed by atoms with Crippen molar-refractivity contribution in [3.8, 4) is 0 Å². The highest BCUT2D eigenvalue weighted by Gasteiger charge is 2.19. The molecule has 6 heteroatoms. The number of ether oxygens (including phenoxy) is 1. The highest BCUT2D eigenvalue weighted by atomic mass is 16.5. The van der Waals surface area contributed by atoms with E-state index in [2.05, 4.69) is 15.0 Å². The number of piperazine rings is 1. The molecule has 1 N–H and O–H groups in total. The normalized spacial score (nSPS) is 17.2. The van der Waals surface area contributed by atoms with Crippen LogP contribution in [0, 0.1) is 0 Å². The summed E-state index contributed by atoms with van der Waals surface area (Å²) in [4.78, 5) is 25.5. The molecule has 1 saturated heterocycles. The Balaban J connectivity index is 2.17. The van der Waals surface area contributed by atoms with Crippen molar-refractivity contribution in [3.63, 3.8) is 0 Å². The summed E-state index contributed by atoms with van der Waals surface area (Å²) in [6.07, 6.45) is 0. The van der Waals surface area contributed by atoms with E-state index < -0.39 is 0 Å². The van der Waals surface area contributed by atoms with Gasteiger partial charge in [0.15, 0.2) is 0 Å². The molecule has 0 aromatic rings.